The van der Waals surface area contributed by atoms with Gasteiger partial charge >= 0.3 is 0 Å². The fraction of sp³-hybridized carbons (Fsp3) is 0.429. The van der Waals surface area contributed by atoms with Crippen LogP contribution in [-0.2, 0) is 4.74 Å². The van der Waals surface area contributed by atoms with Crippen molar-refractivity contribution in [3.63, 3.8) is 0 Å². The van der Waals surface area contributed by atoms with Crippen molar-refractivity contribution in [2.75, 3.05) is 31.7 Å². The first-order chi connectivity index (χ1) is 8.19. The molecule has 0 aliphatic rings. The van der Waals surface area contributed by atoms with Crippen LogP contribution in [-0.4, -0.2) is 26.8 Å². The van der Waals surface area contributed by atoms with Crippen LogP contribution in [0.3, 0.4) is 0 Å². The molecule has 0 aromatic heterocycles. The summed E-state index contributed by atoms with van der Waals surface area (Å²) in [6.45, 7) is 8.16. The van der Waals surface area contributed by atoms with Gasteiger partial charge in [-0.2, -0.15) is 0 Å². The average molecular weight is 234 g/mol. The molecule has 0 aliphatic carbocycles. The quantitative estimate of drug-likeness (QED) is 0.736. The second-order valence-corrected chi connectivity index (χ2v) is 4.11. The van der Waals surface area contributed by atoms with Gasteiger partial charge < -0.3 is 15.4 Å². The van der Waals surface area contributed by atoms with E-state index in [9.17, 15) is 0 Å². The van der Waals surface area contributed by atoms with Crippen LogP contribution in [0.4, 0.5) is 5.69 Å². The molecule has 0 saturated heterocycles. The summed E-state index contributed by atoms with van der Waals surface area (Å²) in [5.74, 6) is 0. The summed E-state index contributed by atoms with van der Waals surface area (Å²) in [6.07, 6.45) is 1.90. The molecule has 2 N–H and O–H groups in total. The highest BCUT2D eigenvalue weighted by Crippen LogP contribution is 2.18. The average Bonchev–Trinajstić information content (AvgIpc) is 2.34. The molecule has 0 fully saturated rings. The minimum atomic E-state index is 0.0795. The molecule has 0 spiro atoms. The van der Waals surface area contributed by atoms with Crippen molar-refractivity contribution >= 4 is 5.69 Å². The molecular formula is C14H22N2O. The molecule has 17 heavy (non-hydrogen) atoms. The van der Waals surface area contributed by atoms with Crippen LogP contribution in [0.1, 0.15) is 18.5 Å². The molecule has 0 bridgehead atoms. The van der Waals surface area contributed by atoms with Crippen molar-refractivity contribution < 1.29 is 4.74 Å². The third kappa shape index (κ3) is 4.21. The van der Waals surface area contributed by atoms with E-state index in [4.69, 9.17) is 10.5 Å². The SMILES string of the molecule is C=CCN(CCOC)c1ccc([C@H](C)N)cc1. The van der Waals surface area contributed by atoms with Crippen molar-refractivity contribution in [1.29, 1.82) is 0 Å². The predicted octanol–water partition coefficient (Wildman–Crippen LogP) is 2.35. The Hall–Kier alpha value is -1.32. The van der Waals surface area contributed by atoms with Crippen molar-refractivity contribution in [2.24, 2.45) is 5.73 Å². The Bertz CT molecular complexity index is 333. The summed E-state index contributed by atoms with van der Waals surface area (Å²) < 4.78 is 5.11. The van der Waals surface area contributed by atoms with Crippen LogP contribution < -0.4 is 10.6 Å². The van der Waals surface area contributed by atoms with Gasteiger partial charge in [-0.05, 0) is 24.6 Å². The van der Waals surface area contributed by atoms with E-state index in [-0.39, 0.29) is 6.04 Å². The minimum Gasteiger partial charge on any atom is -0.383 e. The predicted molar refractivity (Wildman–Crippen MR) is 73.3 cm³/mol. The number of methoxy groups -OCH3 is 1. The Labute approximate surface area is 104 Å². The zero-order valence-corrected chi connectivity index (χ0v) is 10.7. The zero-order chi connectivity index (χ0) is 12.7. The van der Waals surface area contributed by atoms with E-state index in [1.165, 1.54) is 5.69 Å². The van der Waals surface area contributed by atoms with Crippen molar-refractivity contribution in [3.8, 4) is 0 Å². The topological polar surface area (TPSA) is 38.5 Å². The first-order valence-electron chi connectivity index (χ1n) is 5.89. The van der Waals surface area contributed by atoms with Crippen molar-refractivity contribution in [2.45, 2.75) is 13.0 Å². The highest BCUT2D eigenvalue weighted by molar-refractivity contribution is 5.48. The normalized spacial score (nSPS) is 12.2. The number of hydrogen-bond acceptors (Lipinski definition) is 3. The Balaban J connectivity index is 2.75. The first kappa shape index (κ1) is 13.7. The highest BCUT2D eigenvalue weighted by atomic mass is 16.5. The Morgan fingerprint density at radius 1 is 1.41 bits per heavy atom. The molecular weight excluding hydrogens is 212 g/mol. The molecule has 1 rings (SSSR count). The molecule has 1 aromatic rings. The van der Waals surface area contributed by atoms with Gasteiger partial charge in [0.1, 0.15) is 0 Å². The third-order valence-electron chi connectivity index (χ3n) is 2.70. The van der Waals surface area contributed by atoms with Crippen molar-refractivity contribution in [1.82, 2.24) is 0 Å². The number of hydrogen-bond donors (Lipinski definition) is 1. The van der Waals surface area contributed by atoms with Gasteiger partial charge in [0, 0.05) is 31.9 Å². The largest absolute Gasteiger partial charge is 0.383 e. The molecule has 0 unspecified atom stereocenters. The highest BCUT2D eigenvalue weighted by Gasteiger charge is 2.05. The fourth-order valence-corrected chi connectivity index (χ4v) is 1.67. The van der Waals surface area contributed by atoms with E-state index >= 15 is 0 Å². The molecule has 3 heteroatoms. The lowest BCUT2D eigenvalue weighted by atomic mass is 10.1. The van der Waals surface area contributed by atoms with E-state index in [2.05, 4.69) is 35.7 Å². The maximum atomic E-state index is 5.83. The molecule has 1 aromatic carbocycles. The Morgan fingerprint density at radius 3 is 2.53 bits per heavy atom. The van der Waals surface area contributed by atoms with Crippen LogP contribution >= 0.6 is 0 Å². The summed E-state index contributed by atoms with van der Waals surface area (Å²) in [4.78, 5) is 2.22. The molecule has 0 aliphatic heterocycles. The molecule has 3 nitrogen and oxygen atoms in total. The van der Waals surface area contributed by atoms with Gasteiger partial charge in [0.25, 0.3) is 0 Å². The number of anilines is 1. The van der Waals surface area contributed by atoms with Gasteiger partial charge in [0.05, 0.1) is 6.61 Å². The van der Waals surface area contributed by atoms with Gasteiger partial charge in [-0.1, -0.05) is 18.2 Å². The molecule has 0 amide bonds. The van der Waals surface area contributed by atoms with Crippen molar-refractivity contribution in [3.05, 3.63) is 42.5 Å². The third-order valence-corrected chi connectivity index (χ3v) is 2.70. The number of rotatable bonds is 7. The second kappa shape index (κ2) is 7.09. The van der Waals surface area contributed by atoms with Crippen LogP contribution in [0, 0.1) is 0 Å². The lowest BCUT2D eigenvalue weighted by molar-refractivity contribution is 0.206. The van der Waals surface area contributed by atoms with E-state index in [0.717, 1.165) is 18.7 Å². The monoisotopic (exact) mass is 234 g/mol. The summed E-state index contributed by atoms with van der Waals surface area (Å²) in [5, 5.41) is 0. The summed E-state index contributed by atoms with van der Waals surface area (Å²) in [6, 6.07) is 8.41. The molecule has 94 valence electrons. The van der Waals surface area contributed by atoms with Crippen LogP contribution in [0.2, 0.25) is 0 Å². The summed E-state index contributed by atoms with van der Waals surface area (Å²) in [5.41, 5.74) is 8.15. The lowest BCUT2D eigenvalue weighted by Gasteiger charge is -2.23. The maximum Gasteiger partial charge on any atom is 0.0637 e. The fourth-order valence-electron chi connectivity index (χ4n) is 1.67. The van der Waals surface area contributed by atoms with Gasteiger partial charge in [-0.25, -0.2) is 0 Å². The zero-order valence-electron chi connectivity index (χ0n) is 10.7. The molecule has 0 saturated carbocycles. The summed E-state index contributed by atoms with van der Waals surface area (Å²) in [7, 11) is 1.71. The number of nitrogens with two attached hydrogens (primary N) is 1. The summed E-state index contributed by atoms with van der Waals surface area (Å²) >= 11 is 0. The number of ether oxygens (including phenoxy) is 1. The van der Waals surface area contributed by atoms with Gasteiger partial charge in [-0.15, -0.1) is 6.58 Å². The number of benzene rings is 1. The maximum absolute atomic E-state index is 5.83. The lowest BCUT2D eigenvalue weighted by Crippen LogP contribution is -2.27. The van der Waals surface area contributed by atoms with E-state index in [1.54, 1.807) is 7.11 Å². The number of nitrogens with zero attached hydrogens (tertiary/aromatic N) is 1. The van der Waals surface area contributed by atoms with Crippen LogP contribution in [0.25, 0.3) is 0 Å². The molecule has 0 radical (unpaired) electrons. The standard InChI is InChI=1S/C14H22N2O/c1-4-9-16(10-11-17-3)14-7-5-13(6-8-14)12(2)15/h4-8,12H,1,9-11,15H2,2-3H3/t12-/m0/s1. The van der Waals surface area contributed by atoms with E-state index in [1.807, 2.05) is 13.0 Å². The van der Waals surface area contributed by atoms with Gasteiger partial charge in [-0.3, -0.25) is 0 Å². The smallest absolute Gasteiger partial charge is 0.0637 e. The van der Waals surface area contributed by atoms with Gasteiger partial charge in [0.2, 0.25) is 0 Å². The Morgan fingerprint density at radius 2 is 2.06 bits per heavy atom. The first-order valence-corrected chi connectivity index (χ1v) is 5.89. The van der Waals surface area contributed by atoms with Crippen LogP contribution in [0.5, 0.6) is 0 Å². The second-order valence-electron chi connectivity index (χ2n) is 4.11. The van der Waals surface area contributed by atoms with E-state index < -0.39 is 0 Å². The molecule has 0 heterocycles. The molecule has 1 atom stereocenters. The van der Waals surface area contributed by atoms with Gasteiger partial charge in [0.15, 0.2) is 0 Å². The minimum absolute atomic E-state index is 0.0795. The van der Waals surface area contributed by atoms with E-state index in [0.29, 0.717) is 6.61 Å². The Kier molecular flexibility index (Phi) is 5.73. The van der Waals surface area contributed by atoms with Crippen LogP contribution in [0.15, 0.2) is 36.9 Å².